The first-order valence-corrected chi connectivity index (χ1v) is 26.0. The van der Waals surface area contributed by atoms with Crippen molar-refractivity contribution < 1.29 is 52.7 Å². The Labute approximate surface area is 436 Å². The Balaban J connectivity index is 1.50. The number of thiol groups is 2. The van der Waals surface area contributed by atoms with Gasteiger partial charge in [0, 0.05) is 61.1 Å². The van der Waals surface area contributed by atoms with Crippen LogP contribution in [0.15, 0.2) is 30.5 Å². The van der Waals surface area contributed by atoms with E-state index in [4.69, 9.17) is 16.2 Å². The number of rotatable bonds is 31. The summed E-state index contributed by atoms with van der Waals surface area (Å²) < 4.78 is 5.62. The SMILES string of the molecule is CN[C@@H](CS)C(=O)N[C@@H](CCCCN(C)C)C(=O)N[C@@H](Cc1c[nH]c2ccccc12)C(=O)OCC(=O)N1CCC[C@H]1C(=O)N[C@@H](CCCCNC(=O)[C@@H](N)CS)C(=O)NC(CC=O)C(=O)N1CCC[C@H]1C(N)=O. The fraction of sp³-hybridized carbons (Fsp3) is 0.625. The van der Waals surface area contributed by atoms with Crippen LogP contribution in [0, 0.1) is 0 Å². The van der Waals surface area contributed by atoms with Crippen molar-refractivity contribution in [3.05, 3.63) is 36.0 Å². The quantitative estimate of drug-likeness (QED) is 0.0169. The topological polar surface area (TPSA) is 330 Å². The summed E-state index contributed by atoms with van der Waals surface area (Å²) in [6.07, 6.45) is 5.30. The summed E-state index contributed by atoms with van der Waals surface area (Å²) in [6, 6.07) is -1.18. The Hall–Kier alpha value is -5.76. The van der Waals surface area contributed by atoms with Gasteiger partial charge in [0.05, 0.1) is 12.1 Å². The molecule has 0 saturated carbocycles. The monoisotopic (exact) mass is 1060 g/mol. The van der Waals surface area contributed by atoms with Crippen molar-refractivity contribution in [2.45, 2.75) is 125 Å². The molecule has 0 radical (unpaired) electrons. The number of aldehydes is 1. The van der Waals surface area contributed by atoms with Gasteiger partial charge >= 0.3 is 5.97 Å². The number of amides is 8. The fourth-order valence-corrected chi connectivity index (χ4v) is 9.33. The van der Waals surface area contributed by atoms with E-state index in [-0.39, 0.29) is 63.2 Å². The molecule has 8 atom stereocenters. The average Bonchev–Trinajstić information content (AvgIpc) is 4.17. The third-order valence-electron chi connectivity index (χ3n) is 12.9. The van der Waals surface area contributed by atoms with E-state index in [9.17, 15) is 47.9 Å². The lowest BCUT2D eigenvalue weighted by molar-refractivity contribution is -0.155. The van der Waals surface area contributed by atoms with Gasteiger partial charge in [-0.05, 0) is 104 Å². The molecule has 11 N–H and O–H groups in total. The number of primary amides is 1. The van der Waals surface area contributed by atoms with Gasteiger partial charge in [-0.25, -0.2) is 4.79 Å². The minimum Gasteiger partial charge on any atom is -0.454 e. The van der Waals surface area contributed by atoms with E-state index >= 15 is 0 Å². The molecule has 4 rings (SSSR count). The predicted molar refractivity (Wildman–Crippen MR) is 278 cm³/mol. The molecule has 8 amide bonds. The number of nitrogens with two attached hydrogens (primary N) is 2. The third kappa shape index (κ3) is 18.0. The highest BCUT2D eigenvalue weighted by Gasteiger charge is 2.40. The third-order valence-corrected chi connectivity index (χ3v) is 13.7. The summed E-state index contributed by atoms with van der Waals surface area (Å²) in [7, 11) is 5.46. The number of carbonyl (C=O) groups is 10. The summed E-state index contributed by atoms with van der Waals surface area (Å²) in [5, 5.41) is 17.2. The Kier molecular flexibility index (Phi) is 24.9. The second-order valence-corrected chi connectivity index (χ2v) is 19.3. The second kappa shape index (κ2) is 30.4. The summed E-state index contributed by atoms with van der Waals surface area (Å²) in [6.45, 7) is 0.432. The van der Waals surface area contributed by atoms with Gasteiger partial charge in [0.2, 0.25) is 41.4 Å². The molecule has 2 saturated heterocycles. The van der Waals surface area contributed by atoms with Gasteiger partial charge in [-0.1, -0.05) is 18.2 Å². The highest BCUT2D eigenvalue weighted by Crippen LogP contribution is 2.22. The maximum atomic E-state index is 14.1. The number of esters is 1. The number of hydrogen-bond donors (Lipinski definition) is 11. The van der Waals surface area contributed by atoms with Crippen LogP contribution in [0.2, 0.25) is 0 Å². The van der Waals surface area contributed by atoms with Crippen LogP contribution in [-0.4, -0.2) is 193 Å². The van der Waals surface area contributed by atoms with Gasteiger partial charge in [0.1, 0.15) is 42.5 Å². The number of nitrogens with zero attached hydrogens (tertiary/aromatic N) is 3. The van der Waals surface area contributed by atoms with Crippen LogP contribution in [0.5, 0.6) is 0 Å². The number of likely N-dealkylation sites (N-methyl/N-ethyl adjacent to an activating group) is 1. The van der Waals surface area contributed by atoms with Crippen molar-refractivity contribution in [3.63, 3.8) is 0 Å². The van der Waals surface area contributed by atoms with Gasteiger partial charge < -0.3 is 72.6 Å². The van der Waals surface area contributed by atoms with Crippen molar-refractivity contribution in [1.82, 2.24) is 51.6 Å². The summed E-state index contributed by atoms with van der Waals surface area (Å²) >= 11 is 8.29. The fourth-order valence-electron chi connectivity index (χ4n) is 8.82. The van der Waals surface area contributed by atoms with E-state index in [2.05, 4.69) is 62.1 Å². The molecule has 1 unspecified atom stereocenters. The number of para-hydroxylation sites is 1. The lowest BCUT2D eigenvalue weighted by Gasteiger charge is -2.29. The zero-order valence-corrected chi connectivity index (χ0v) is 43.7. The highest BCUT2D eigenvalue weighted by atomic mass is 32.1. The van der Waals surface area contributed by atoms with Gasteiger partial charge in [-0.2, -0.15) is 25.3 Å². The molecular formula is C48H74N12O11S2. The van der Waals surface area contributed by atoms with Crippen molar-refractivity contribution >= 4 is 95.7 Å². The normalized spacial score (nSPS) is 18.0. The number of likely N-dealkylation sites (tertiary alicyclic amines) is 2. The molecule has 2 fully saturated rings. The molecule has 1 aromatic carbocycles. The number of nitrogens with one attached hydrogen (secondary N) is 7. The van der Waals surface area contributed by atoms with E-state index in [1.807, 2.05) is 43.3 Å². The van der Waals surface area contributed by atoms with Crippen LogP contribution in [0.4, 0.5) is 0 Å². The molecule has 404 valence electrons. The van der Waals surface area contributed by atoms with Gasteiger partial charge in [-0.15, -0.1) is 0 Å². The molecule has 1 aromatic heterocycles. The van der Waals surface area contributed by atoms with E-state index in [0.717, 1.165) is 23.9 Å². The molecule has 0 spiro atoms. The summed E-state index contributed by atoms with van der Waals surface area (Å²) in [4.78, 5) is 141. The number of fused-ring (bicyclic) bond motifs is 1. The molecule has 25 heteroatoms. The second-order valence-electron chi connectivity index (χ2n) is 18.6. The molecule has 23 nitrogen and oxygen atoms in total. The first kappa shape index (κ1) is 59.8. The smallest absolute Gasteiger partial charge is 0.329 e. The van der Waals surface area contributed by atoms with Gasteiger partial charge in [-0.3, -0.25) is 38.4 Å². The molecule has 0 aliphatic carbocycles. The van der Waals surface area contributed by atoms with Gasteiger partial charge in [0.25, 0.3) is 5.91 Å². The average molecular weight is 1060 g/mol. The van der Waals surface area contributed by atoms with Crippen molar-refractivity contribution in [3.8, 4) is 0 Å². The van der Waals surface area contributed by atoms with Crippen molar-refractivity contribution in [2.75, 3.05) is 65.4 Å². The highest BCUT2D eigenvalue weighted by molar-refractivity contribution is 7.80. The Morgan fingerprint density at radius 3 is 2.05 bits per heavy atom. The van der Waals surface area contributed by atoms with Crippen LogP contribution >= 0.6 is 25.3 Å². The number of unbranched alkanes of at least 4 members (excludes halogenated alkanes) is 2. The van der Waals surface area contributed by atoms with E-state index in [0.29, 0.717) is 44.0 Å². The van der Waals surface area contributed by atoms with Crippen LogP contribution in [0.1, 0.15) is 76.2 Å². The van der Waals surface area contributed by atoms with Crippen LogP contribution in [0.25, 0.3) is 10.9 Å². The molecule has 3 heterocycles. The number of H-pyrrole nitrogens is 1. The molecule has 2 aliphatic rings. The van der Waals surface area contributed by atoms with E-state index in [1.54, 1.807) is 13.2 Å². The lowest BCUT2D eigenvalue weighted by Crippen LogP contribution is -2.58. The number of ether oxygens (including phenoxy) is 1. The molecule has 0 bridgehead atoms. The minimum absolute atomic E-state index is 0.00932. The minimum atomic E-state index is -1.38. The molecule has 2 aliphatic heterocycles. The first-order chi connectivity index (χ1) is 34.9. The molecular weight excluding hydrogens is 985 g/mol. The standard InChI is InChI=1S/C48H74N12O11S2/c1-51-37(28-73)45(67)54-33(15-7-9-20-58(2)3)44(66)57-36(24-29-25-53-32-13-5-4-12-30(29)32)48(70)71-26-40(62)59-21-11-17-39(59)46(68)55-34(14-6-8-19-52-42(64)31(49)27-72)43(65)56-35(18-23-61)47(69)60-22-10-16-38(60)41(50)63/h4-5,12-13,23,25,31,33-39,51,53,72-73H,6-11,14-22,24,26-28,49H2,1-3H3,(H2,50,63)(H,52,64)(H,54,67)(H,55,68)(H,56,65)(H,57,66)/t31-,33-,34-,35?,36-,37-,38-,39-/m0/s1. The van der Waals surface area contributed by atoms with E-state index in [1.165, 1.54) is 9.80 Å². The molecule has 73 heavy (non-hydrogen) atoms. The predicted octanol–water partition coefficient (Wildman–Crippen LogP) is -1.96. The van der Waals surface area contributed by atoms with E-state index < -0.39 is 115 Å². The maximum Gasteiger partial charge on any atom is 0.329 e. The first-order valence-electron chi connectivity index (χ1n) is 24.8. The molecule has 2 aromatic rings. The van der Waals surface area contributed by atoms with Crippen molar-refractivity contribution in [2.24, 2.45) is 11.5 Å². The number of hydrogen-bond acceptors (Lipinski definition) is 16. The number of benzene rings is 1. The van der Waals surface area contributed by atoms with Crippen LogP contribution < -0.4 is 43.4 Å². The van der Waals surface area contributed by atoms with Gasteiger partial charge in [0.15, 0.2) is 6.61 Å². The lowest BCUT2D eigenvalue weighted by atomic mass is 10.0. The summed E-state index contributed by atoms with van der Waals surface area (Å²) in [5.74, 6) is -5.80. The number of carbonyl (C=O) groups excluding carboxylic acids is 10. The van der Waals surface area contributed by atoms with Crippen molar-refractivity contribution in [1.29, 1.82) is 0 Å². The largest absolute Gasteiger partial charge is 0.454 e. The number of aromatic nitrogens is 1. The summed E-state index contributed by atoms with van der Waals surface area (Å²) in [5.41, 5.74) is 12.7. The zero-order valence-electron chi connectivity index (χ0n) is 41.9. The Morgan fingerprint density at radius 1 is 0.795 bits per heavy atom. The van der Waals surface area contributed by atoms with Crippen LogP contribution in [-0.2, 0) is 59.1 Å². The van der Waals surface area contributed by atoms with Crippen LogP contribution in [0.3, 0.4) is 0 Å². The zero-order chi connectivity index (χ0) is 53.6. The Morgan fingerprint density at radius 2 is 1.41 bits per heavy atom. The Bertz CT molecular complexity index is 2230. The maximum absolute atomic E-state index is 14.1. The number of aromatic amines is 1.